The molecule has 3 aromatic rings. The summed E-state index contributed by atoms with van der Waals surface area (Å²) in [5.41, 5.74) is 3.37. The van der Waals surface area contributed by atoms with Gasteiger partial charge in [-0.3, -0.25) is 10.00 Å². The second kappa shape index (κ2) is 6.53. The average molecular weight is 322 g/mol. The van der Waals surface area contributed by atoms with Crippen molar-refractivity contribution in [2.24, 2.45) is 0 Å². The highest BCUT2D eigenvalue weighted by Crippen LogP contribution is 2.21. The maximum absolute atomic E-state index is 9.62. The second-order valence-electron chi connectivity index (χ2n) is 6.56. The summed E-state index contributed by atoms with van der Waals surface area (Å²) in [5.74, 6) is 0.340. The largest absolute Gasteiger partial charge is 0.508 e. The summed E-state index contributed by atoms with van der Waals surface area (Å²) >= 11 is 0. The van der Waals surface area contributed by atoms with Crippen LogP contribution in [0.25, 0.3) is 10.9 Å². The van der Waals surface area contributed by atoms with E-state index in [1.54, 1.807) is 6.07 Å². The minimum Gasteiger partial charge on any atom is -0.508 e. The molecule has 1 fully saturated rings. The fourth-order valence-electron chi connectivity index (χ4n) is 3.50. The highest BCUT2D eigenvalue weighted by molar-refractivity contribution is 5.81. The number of fused-ring (bicyclic) bond motifs is 1. The molecule has 1 saturated heterocycles. The van der Waals surface area contributed by atoms with E-state index >= 15 is 0 Å². The molecule has 1 aliphatic rings. The van der Waals surface area contributed by atoms with Crippen molar-refractivity contribution in [1.82, 2.24) is 15.1 Å². The minimum absolute atomic E-state index is 0.340. The first-order valence-electron chi connectivity index (χ1n) is 8.46. The summed E-state index contributed by atoms with van der Waals surface area (Å²) in [6, 6.07) is 14.3. The number of hydrogen-bond donors (Lipinski definition) is 3. The van der Waals surface area contributed by atoms with Crippen molar-refractivity contribution in [1.29, 1.82) is 0 Å². The van der Waals surface area contributed by atoms with Crippen molar-refractivity contribution >= 4 is 16.6 Å². The van der Waals surface area contributed by atoms with E-state index in [9.17, 15) is 5.11 Å². The Morgan fingerprint density at radius 1 is 1.25 bits per heavy atom. The van der Waals surface area contributed by atoms with Gasteiger partial charge in [-0.05, 0) is 55.3 Å². The van der Waals surface area contributed by atoms with Crippen molar-refractivity contribution in [2.45, 2.75) is 25.4 Å². The summed E-state index contributed by atoms with van der Waals surface area (Å²) in [7, 11) is 0. The van der Waals surface area contributed by atoms with Crippen LogP contribution in [0, 0.1) is 0 Å². The normalized spacial score (nSPS) is 18.8. The number of aromatic nitrogens is 2. The van der Waals surface area contributed by atoms with Crippen molar-refractivity contribution in [3.63, 3.8) is 0 Å². The van der Waals surface area contributed by atoms with Crippen molar-refractivity contribution in [3.05, 3.63) is 54.2 Å². The van der Waals surface area contributed by atoms with E-state index in [0.717, 1.165) is 41.8 Å². The van der Waals surface area contributed by atoms with Gasteiger partial charge in [-0.1, -0.05) is 12.1 Å². The molecule has 1 atom stereocenters. The molecule has 4 rings (SSSR count). The lowest BCUT2D eigenvalue weighted by molar-refractivity contribution is 0.208. The number of aromatic amines is 1. The number of H-pyrrole nitrogens is 1. The summed E-state index contributed by atoms with van der Waals surface area (Å²) in [6.45, 7) is 3.00. The number of hydrogen-bond acceptors (Lipinski definition) is 4. The molecule has 1 aromatic heterocycles. The van der Waals surface area contributed by atoms with Crippen LogP contribution in [0.5, 0.6) is 5.75 Å². The quantitative estimate of drug-likeness (QED) is 0.689. The molecule has 2 aromatic carbocycles. The summed E-state index contributed by atoms with van der Waals surface area (Å²) in [5, 5.41) is 21.5. The molecule has 0 saturated carbocycles. The van der Waals surface area contributed by atoms with Crippen LogP contribution in [0.15, 0.2) is 48.7 Å². The number of phenolic OH excluding ortho intramolecular Hbond substituents is 1. The lowest BCUT2D eigenvalue weighted by Gasteiger charge is -2.33. The van der Waals surface area contributed by atoms with E-state index in [4.69, 9.17) is 0 Å². The zero-order valence-corrected chi connectivity index (χ0v) is 13.6. The average Bonchev–Trinajstić information content (AvgIpc) is 3.03. The van der Waals surface area contributed by atoms with Crippen LogP contribution < -0.4 is 5.32 Å². The van der Waals surface area contributed by atoms with Gasteiger partial charge in [-0.15, -0.1) is 0 Å². The molecular weight excluding hydrogens is 300 g/mol. The first-order chi connectivity index (χ1) is 11.8. The van der Waals surface area contributed by atoms with E-state index < -0.39 is 0 Å². The molecule has 1 unspecified atom stereocenters. The summed E-state index contributed by atoms with van der Waals surface area (Å²) < 4.78 is 0. The number of aromatic hydroxyl groups is 1. The third kappa shape index (κ3) is 3.36. The zero-order valence-electron chi connectivity index (χ0n) is 13.6. The van der Waals surface area contributed by atoms with Crippen molar-refractivity contribution in [2.75, 3.05) is 18.4 Å². The van der Waals surface area contributed by atoms with Crippen molar-refractivity contribution in [3.8, 4) is 5.75 Å². The van der Waals surface area contributed by atoms with Crippen LogP contribution in [0.4, 0.5) is 5.69 Å². The first-order valence-corrected chi connectivity index (χ1v) is 8.46. The highest BCUT2D eigenvalue weighted by Gasteiger charge is 2.20. The van der Waals surface area contributed by atoms with Gasteiger partial charge < -0.3 is 10.4 Å². The molecule has 124 valence electrons. The van der Waals surface area contributed by atoms with Gasteiger partial charge in [0.1, 0.15) is 5.75 Å². The monoisotopic (exact) mass is 322 g/mol. The standard InChI is InChI=1S/C19H22N4O/c24-18-5-1-3-14(9-18)12-23-8-2-4-17(13-23)21-16-6-7-19-15(10-16)11-20-22-19/h1,3,5-7,9-11,17,21,24H,2,4,8,12-13H2,(H,20,22). The van der Waals surface area contributed by atoms with E-state index in [2.05, 4.69) is 44.7 Å². The highest BCUT2D eigenvalue weighted by atomic mass is 16.3. The molecule has 5 heteroatoms. The number of piperidine rings is 1. The Morgan fingerprint density at radius 3 is 3.12 bits per heavy atom. The van der Waals surface area contributed by atoms with E-state index in [1.807, 2.05) is 18.3 Å². The number of rotatable bonds is 4. The number of phenols is 1. The second-order valence-corrected chi connectivity index (χ2v) is 6.56. The van der Waals surface area contributed by atoms with Gasteiger partial charge in [0, 0.05) is 30.2 Å². The molecular formula is C19H22N4O. The number of likely N-dealkylation sites (tertiary alicyclic amines) is 1. The number of benzene rings is 2. The molecule has 0 spiro atoms. The lowest BCUT2D eigenvalue weighted by atomic mass is 10.0. The van der Waals surface area contributed by atoms with Gasteiger partial charge in [0.15, 0.2) is 0 Å². The van der Waals surface area contributed by atoms with Gasteiger partial charge in [-0.25, -0.2) is 0 Å². The van der Waals surface area contributed by atoms with Crippen LogP contribution in [-0.2, 0) is 6.54 Å². The zero-order chi connectivity index (χ0) is 16.4. The Kier molecular flexibility index (Phi) is 4.09. The Bertz CT molecular complexity index is 829. The van der Waals surface area contributed by atoms with E-state index in [1.165, 1.54) is 12.8 Å². The third-order valence-corrected chi connectivity index (χ3v) is 4.63. The minimum atomic E-state index is 0.340. The van der Waals surface area contributed by atoms with Gasteiger partial charge in [-0.2, -0.15) is 5.10 Å². The third-order valence-electron chi connectivity index (χ3n) is 4.63. The Hall–Kier alpha value is -2.53. The first kappa shape index (κ1) is 15.0. The summed E-state index contributed by atoms with van der Waals surface area (Å²) in [4.78, 5) is 2.45. The molecule has 3 N–H and O–H groups in total. The Labute approximate surface area is 141 Å². The lowest BCUT2D eigenvalue weighted by Crippen LogP contribution is -2.41. The van der Waals surface area contributed by atoms with E-state index in [-0.39, 0.29) is 0 Å². The SMILES string of the molecule is Oc1cccc(CN2CCCC(Nc3ccc4[nH]ncc4c3)C2)c1. The van der Waals surface area contributed by atoms with Crippen LogP contribution >= 0.6 is 0 Å². The molecule has 0 aliphatic carbocycles. The molecule has 5 nitrogen and oxygen atoms in total. The molecule has 0 radical (unpaired) electrons. The predicted octanol–water partition coefficient (Wildman–Crippen LogP) is 3.35. The fourth-order valence-corrected chi connectivity index (χ4v) is 3.50. The smallest absolute Gasteiger partial charge is 0.115 e. The Morgan fingerprint density at radius 2 is 2.21 bits per heavy atom. The molecule has 0 bridgehead atoms. The van der Waals surface area contributed by atoms with Gasteiger partial charge in [0.25, 0.3) is 0 Å². The number of nitrogens with zero attached hydrogens (tertiary/aromatic N) is 2. The maximum Gasteiger partial charge on any atom is 0.115 e. The van der Waals surface area contributed by atoms with Crippen LogP contribution in [0.3, 0.4) is 0 Å². The van der Waals surface area contributed by atoms with Crippen LogP contribution in [0.1, 0.15) is 18.4 Å². The van der Waals surface area contributed by atoms with Gasteiger partial charge in [0.05, 0.1) is 11.7 Å². The van der Waals surface area contributed by atoms with Gasteiger partial charge in [0.2, 0.25) is 0 Å². The summed E-state index contributed by atoms with van der Waals surface area (Å²) in [6.07, 6.45) is 4.22. The van der Waals surface area contributed by atoms with E-state index in [0.29, 0.717) is 11.8 Å². The van der Waals surface area contributed by atoms with Crippen LogP contribution in [0.2, 0.25) is 0 Å². The molecule has 1 aliphatic heterocycles. The molecule has 24 heavy (non-hydrogen) atoms. The maximum atomic E-state index is 9.62. The topological polar surface area (TPSA) is 64.2 Å². The van der Waals surface area contributed by atoms with Crippen LogP contribution in [-0.4, -0.2) is 39.3 Å². The predicted molar refractivity (Wildman–Crippen MR) is 96.1 cm³/mol. The molecule has 0 amide bonds. The van der Waals surface area contributed by atoms with Gasteiger partial charge >= 0.3 is 0 Å². The Balaban J connectivity index is 1.40. The number of nitrogens with one attached hydrogen (secondary N) is 2. The number of anilines is 1. The molecule has 2 heterocycles. The fraction of sp³-hybridized carbons (Fsp3) is 0.316. The van der Waals surface area contributed by atoms with Crippen molar-refractivity contribution < 1.29 is 5.11 Å².